The van der Waals surface area contributed by atoms with Gasteiger partial charge < -0.3 is 9.47 Å². The molecule has 0 N–H and O–H groups in total. The second-order valence-electron chi connectivity index (χ2n) is 3.61. The van der Waals surface area contributed by atoms with Crippen LogP contribution in [0.15, 0.2) is 24.3 Å². The first-order valence-electron chi connectivity index (χ1n) is 5.19. The van der Waals surface area contributed by atoms with E-state index in [0.717, 1.165) is 0 Å². The first-order valence-corrected chi connectivity index (χ1v) is 5.19. The van der Waals surface area contributed by atoms with E-state index < -0.39 is 0 Å². The number of benzene rings is 1. The Morgan fingerprint density at radius 3 is 2.25 bits per heavy atom. The number of ether oxygens (including phenoxy) is 2. The minimum atomic E-state index is -0.386. The second kappa shape index (κ2) is 4.35. The molecule has 1 aromatic rings. The van der Waals surface area contributed by atoms with Crippen molar-refractivity contribution in [3.63, 3.8) is 0 Å². The lowest BCUT2D eigenvalue weighted by atomic mass is 10.1. The van der Waals surface area contributed by atoms with Gasteiger partial charge in [-0.3, -0.25) is 0 Å². The van der Waals surface area contributed by atoms with Gasteiger partial charge >= 0.3 is 11.9 Å². The van der Waals surface area contributed by atoms with Gasteiger partial charge in [-0.25, -0.2) is 9.59 Å². The van der Waals surface area contributed by atoms with Gasteiger partial charge in [-0.15, -0.1) is 0 Å². The van der Waals surface area contributed by atoms with E-state index in [2.05, 4.69) is 0 Å². The lowest BCUT2D eigenvalue weighted by molar-refractivity contribution is -0.00196. The molecule has 2 aliphatic heterocycles. The highest BCUT2D eigenvalue weighted by Crippen LogP contribution is 2.13. The Hall–Kier alpha value is -1.84. The molecular weight excluding hydrogens is 208 g/mol. The molecule has 0 saturated carbocycles. The number of carbonyl (C=O) groups is 2. The van der Waals surface area contributed by atoms with Crippen molar-refractivity contribution in [2.45, 2.75) is 19.4 Å². The number of hydrogen-bond donors (Lipinski definition) is 0. The summed E-state index contributed by atoms with van der Waals surface area (Å²) in [5.41, 5.74) is 0.908. The van der Waals surface area contributed by atoms with Gasteiger partial charge in [0, 0.05) is 0 Å². The summed E-state index contributed by atoms with van der Waals surface area (Å²) in [6, 6.07) is 6.25. The van der Waals surface area contributed by atoms with E-state index in [1.54, 1.807) is 24.3 Å². The van der Waals surface area contributed by atoms with Crippen LogP contribution in [-0.2, 0) is 9.47 Å². The molecule has 3 rings (SSSR count). The van der Waals surface area contributed by atoms with E-state index >= 15 is 0 Å². The zero-order valence-corrected chi connectivity index (χ0v) is 8.93. The molecule has 4 heteroatoms. The summed E-state index contributed by atoms with van der Waals surface area (Å²) in [6.45, 7) is 1.98. The van der Waals surface area contributed by atoms with E-state index in [0.29, 0.717) is 17.5 Å². The van der Waals surface area contributed by atoms with Crippen LogP contribution in [0.2, 0.25) is 0 Å². The lowest BCUT2D eigenvalue weighted by Gasteiger charge is -2.18. The Morgan fingerprint density at radius 1 is 1.12 bits per heavy atom. The third-order valence-electron chi connectivity index (χ3n) is 2.49. The molecule has 0 aliphatic carbocycles. The molecule has 2 heterocycles. The number of fused-ring (bicyclic) bond motifs is 7. The van der Waals surface area contributed by atoms with Gasteiger partial charge in [0.2, 0.25) is 0 Å². The fourth-order valence-corrected chi connectivity index (χ4v) is 1.45. The van der Waals surface area contributed by atoms with Crippen molar-refractivity contribution in [1.82, 2.24) is 0 Å². The highest BCUT2D eigenvalue weighted by molar-refractivity contribution is 5.93. The average molecular weight is 220 g/mol. The maximum absolute atomic E-state index is 11.6. The first kappa shape index (κ1) is 10.7. The molecule has 0 aromatic heterocycles. The van der Waals surface area contributed by atoms with Crippen molar-refractivity contribution in [2.24, 2.45) is 0 Å². The molecule has 2 aliphatic rings. The van der Waals surface area contributed by atoms with E-state index in [-0.39, 0.29) is 24.6 Å². The normalized spacial score (nSPS) is 20.2. The minimum absolute atomic E-state index is 0.111. The van der Waals surface area contributed by atoms with Crippen LogP contribution in [0.25, 0.3) is 0 Å². The third-order valence-corrected chi connectivity index (χ3v) is 2.49. The van der Waals surface area contributed by atoms with E-state index in [1.807, 2.05) is 6.92 Å². The van der Waals surface area contributed by atoms with Crippen LogP contribution in [0.4, 0.5) is 0 Å². The van der Waals surface area contributed by atoms with Crippen LogP contribution in [0.3, 0.4) is 0 Å². The van der Waals surface area contributed by atoms with Gasteiger partial charge in [0.25, 0.3) is 0 Å². The Bertz CT molecular complexity index is 408. The predicted molar refractivity (Wildman–Crippen MR) is 56.2 cm³/mol. The van der Waals surface area contributed by atoms with E-state index in [1.165, 1.54) is 0 Å². The van der Waals surface area contributed by atoms with Crippen LogP contribution in [0, 0.1) is 0 Å². The average Bonchev–Trinajstić information content (AvgIpc) is 2.33. The molecule has 2 bridgehead atoms. The van der Waals surface area contributed by atoms with Gasteiger partial charge in [-0.1, -0.05) is 6.92 Å². The van der Waals surface area contributed by atoms with Gasteiger partial charge in [0.05, 0.1) is 11.1 Å². The summed E-state index contributed by atoms with van der Waals surface area (Å²) in [6.07, 6.45) is 0.250. The fourth-order valence-electron chi connectivity index (χ4n) is 1.45. The topological polar surface area (TPSA) is 52.6 Å². The number of esters is 2. The second-order valence-corrected chi connectivity index (χ2v) is 3.61. The largest absolute Gasteiger partial charge is 0.458 e. The quantitative estimate of drug-likeness (QED) is 0.677. The Labute approximate surface area is 93.2 Å². The molecule has 4 nitrogen and oxygen atoms in total. The monoisotopic (exact) mass is 220 g/mol. The molecule has 16 heavy (non-hydrogen) atoms. The van der Waals surface area contributed by atoms with E-state index in [9.17, 15) is 9.59 Å². The number of hydrogen-bond acceptors (Lipinski definition) is 4. The summed E-state index contributed by atoms with van der Waals surface area (Å²) in [5.74, 6) is -0.765. The fraction of sp³-hybridized carbons (Fsp3) is 0.333. The predicted octanol–water partition coefficient (Wildman–Crippen LogP) is 1.79. The summed E-state index contributed by atoms with van der Waals surface area (Å²) < 4.78 is 10.2. The van der Waals surface area contributed by atoms with Crippen molar-refractivity contribution in [2.75, 3.05) is 6.61 Å². The van der Waals surface area contributed by atoms with Crippen molar-refractivity contribution < 1.29 is 19.1 Å². The smallest absolute Gasteiger partial charge is 0.338 e. The molecule has 0 saturated heterocycles. The zero-order valence-electron chi connectivity index (χ0n) is 8.93. The molecular formula is C12H12O4. The van der Waals surface area contributed by atoms with Crippen molar-refractivity contribution in [1.29, 1.82) is 0 Å². The van der Waals surface area contributed by atoms with Crippen molar-refractivity contribution >= 4 is 11.9 Å². The third kappa shape index (κ3) is 2.05. The summed E-state index contributed by atoms with van der Waals surface area (Å²) >= 11 is 0. The SMILES string of the molecule is CCC1COC(=O)c2ccc(cc2)C(=O)O1. The Kier molecular flexibility index (Phi) is 2.90. The van der Waals surface area contributed by atoms with Crippen molar-refractivity contribution in [3.8, 4) is 0 Å². The minimum Gasteiger partial charge on any atom is -0.458 e. The van der Waals surface area contributed by atoms with Crippen LogP contribution in [0.5, 0.6) is 0 Å². The molecule has 0 spiro atoms. The maximum atomic E-state index is 11.6. The zero-order chi connectivity index (χ0) is 11.5. The van der Waals surface area contributed by atoms with Gasteiger partial charge in [-0.2, -0.15) is 0 Å². The molecule has 1 atom stereocenters. The molecule has 0 fully saturated rings. The first-order chi connectivity index (χ1) is 7.70. The van der Waals surface area contributed by atoms with Crippen LogP contribution < -0.4 is 0 Å². The standard InChI is InChI=1S/C12H12O4/c1-2-10-7-15-11(13)8-3-5-9(6-4-8)12(14)16-10/h3-6,10H,2,7H2,1H3. The van der Waals surface area contributed by atoms with Gasteiger partial charge in [0.15, 0.2) is 0 Å². The molecule has 1 aromatic carbocycles. The Morgan fingerprint density at radius 2 is 1.69 bits per heavy atom. The summed E-state index contributed by atoms with van der Waals surface area (Å²) in [5, 5.41) is 0. The number of rotatable bonds is 1. The van der Waals surface area contributed by atoms with Gasteiger partial charge in [-0.05, 0) is 30.7 Å². The summed E-state index contributed by atoms with van der Waals surface area (Å²) in [4.78, 5) is 23.1. The highest BCUT2D eigenvalue weighted by Gasteiger charge is 2.19. The maximum Gasteiger partial charge on any atom is 0.338 e. The van der Waals surface area contributed by atoms with Crippen molar-refractivity contribution in [3.05, 3.63) is 35.4 Å². The lowest BCUT2D eigenvalue weighted by Crippen LogP contribution is -2.26. The van der Waals surface area contributed by atoms with Crippen LogP contribution in [-0.4, -0.2) is 24.6 Å². The van der Waals surface area contributed by atoms with Crippen LogP contribution >= 0.6 is 0 Å². The molecule has 0 radical (unpaired) electrons. The van der Waals surface area contributed by atoms with Crippen LogP contribution in [0.1, 0.15) is 34.1 Å². The Balaban J connectivity index is 2.34. The molecule has 1 unspecified atom stereocenters. The molecule has 0 amide bonds. The highest BCUT2D eigenvalue weighted by atomic mass is 16.6. The molecule has 84 valence electrons. The van der Waals surface area contributed by atoms with Gasteiger partial charge in [0.1, 0.15) is 12.7 Å². The summed E-state index contributed by atoms with van der Waals surface area (Å²) in [7, 11) is 0. The number of carbonyl (C=O) groups excluding carboxylic acids is 2. The van der Waals surface area contributed by atoms with E-state index in [4.69, 9.17) is 9.47 Å².